The van der Waals surface area contributed by atoms with Crippen LogP contribution in [0.4, 0.5) is 0 Å². The highest BCUT2D eigenvalue weighted by atomic mass is 16.5. The van der Waals surface area contributed by atoms with E-state index in [1.807, 2.05) is 25.1 Å². The third-order valence-corrected chi connectivity index (χ3v) is 2.55. The monoisotopic (exact) mass is 233 g/mol. The van der Waals surface area contributed by atoms with Crippen molar-refractivity contribution in [1.29, 1.82) is 0 Å². The Morgan fingerprint density at radius 2 is 2.06 bits per heavy atom. The van der Waals surface area contributed by atoms with E-state index in [2.05, 4.69) is 4.98 Å². The summed E-state index contributed by atoms with van der Waals surface area (Å²) in [7, 11) is 3.21. The molecule has 0 saturated heterocycles. The van der Waals surface area contributed by atoms with Gasteiger partial charge in [-0.2, -0.15) is 0 Å². The van der Waals surface area contributed by atoms with E-state index in [-0.39, 0.29) is 0 Å². The Hall–Kier alpha value is -1.97. The fourth-order valence-corrected chi connectivity index (χ4v) is 1.65. The second-order valence-electron chi connectivity index (χ2n) is 3.54. The van der Waals surface area contributed by atoms with Gasteiger partial charge >= 0.3 is 0 Å². The van der Waals surface area contributed by atoms with Gasteiger partial charge in [-0.05, 0) is 18.6 Å². The Balaban J connectivity index is 2.50. The van der Waals surface area contributed by atoms with Crippen LogP contribution in [0.2, 0.25) is 0 Å². The van der Waals surface area contributed by atoms with Gasteiger partial charge in [0.25, 0.3) is 0 Å². The SMILES string of the molecule is CCc1coc(-c2cccc(OC)c2OC)n1. The first-order valence-electron chi connectivity index (χ1n) is 5.46. The number of oxazole rings is 1. The normalized spacial score (nSPS) is 10.3. The molecule has 2 aromatic rings. The highest BCUT2D eigenvalue weighted by Crippen LogP contribution is 2.37. The number of hydrogen-bond donors (Lipinski definition) is 0. The number of aromatic nitrogens is 1. The smallest absolute Gasteiger partial charge is 0.230 e. The van der Waals surface area contributed by atoms with Crippen molar-refractivity contribution in [3.63, 3.8) is 0 Å². The molecule has 0 unspecified atom stereocenters. The molecule has 1 heterocycles. The number of benzene rings is 1. The summed E-state index contributed by atoms with van der Waals surface area (Å²) < 4.78 is 16.0. The Morgan fingerprint density at radius 1 is 1.24 bits per heavy atom. The highest BCUT2D eigenvalue weighted by Gasteiger charge is 2.15. The molecule has 0 spiro atoms. The molecule has 1 aromatic heterocycles. The summed E-state index contributed by atoms with van der Waals surface area (Å²) in [5.41, 5.74) is 1.72. The van der Waals surface area contributed by atoms with Gasteiger partial charge in [-0.1, -0.05) is 13.0 Å². The van der Waals surface area contributed by atoms with Crippen molar-refractivity contribution in [2.45, 2.75) is 13.3 Å². The number of ether oxygens (including phenoxy) is 2. The van der Waals surface area contributed by atoms with E-state index in [1.165, 1.54) is 0 Å². The third kappa shape index (κ3) is 2.11. The molecule has 0 fully saturated rings. The Kier molecular flexibility index (Phi) is 3.32. The summed E-state index contributed by atoms with van der Waals surface area (Å²) in [5.74, 6) is 1.86. The molecule has 4 heteroatoms. The van der Waals surface area contributed by atoms with Crippen molar-refractivity contribution in [2.75, 3.05) is 14.2 Å². The molecule has 17 heavy (non-hydrogen) atoms. The Labute approximate surface area is 100 Å². The van der Waals surface area contributed by atoms with Gasteiger partial charge in [-0.15, -0.1) is 0 Å². The first kappa shape index (κ1) is 11.5. The molecule has 0 aliphatic rings. The zero-order chi connectivity index (χ0) is 12.3. The van der Waals surface area contributed by atoms with Gasteiger partial charge in [0.1, 0.15) is 6.26 Å². The first-order valence-corrected chi connectivity index (χ1v) is 5.46. The molecule has 90 valence electrons. The van der Waals surface area contributed by atoms with Crippen LogP contribution in [0.15, 0.2) is 28.9 Å². The maximum absolute atomic E-state index is 5.44. The van der Waals surface area contributed by atoms with Crippen LogP contribution >= 0.6 is 0 Å². The molecule has 0 saturated carbocycles. The predicted molar refractivity (Wildman–Crippen MR) is 64.4 cm³/mol. The van der Waals surface area contributed by atoms with Crippen LogP contribution in [0.3, 0.4) is 0 Å². The minimum Gasteiger partial charge on any atom is -0.493 e. The molecular formula is C13H15NO3. The van der Waals surface area contributed by atoms with Gasteiger partial charge in [0.05, 0.1) is 25.5 Å². The number of para-hydroxylation sites is 1. The van der Waals surface area contributed by atoms with E-state index in [4.69, 9.17) is 13.9 Å². The van der Waals surface area contributed by atoms with E-state index >= 15 is 0 Å². The molecule has 0 N–H and O–H groups in total. The van der Waals surface area contributed by atoms with Gasteiger partial charge in [0, 0.05) is 0 Å². The zero-order valence-corrected chi connectivity index (χ0v) is 10.2. The van der Waals surface area contributed by atoms with Gasteiger partial charge in [0.2, 0.25) is 5.89 Å². The van der Waals surface area contributed by atoms with E-state index in [0.29, 0.717) is 17.4 Å². The highest BCUT2D eigenvalue weighted by molar-refractivity contribution is 5.67. The van der Waals surface area contributed by atoms with E-state index in [1.54, 1.807) is 20.5 Å². The van der Waals surface area contributed by atoms with Crippen LogP contribution in [0.1, 0.15) is 12.6 Å². The summed E-state index contributed by atoms with van der Waals surface area (Å²) >= 11 is 0. The van der Waals surface area contributed by atoms with Crippen molar-refractivity contribution < 1.29 is 13.9 Å². The quantitative estimate of drug-likeness (QED) is 0.814. The van der Waals surface area contributed by atoms with Crippen LogP contribution < -0.4 is 9.47 Å². The Morgan fingerprint density at radius 3 is 2.65 bits per heavy atom. The minimum absolute atomic E-state index is 0.553. The summed E-state index contributed by atoms with van der Waals surface area (Å²) in [6.07, 6.45) is 2.50. The topological polar surface area (TPSA) is 44.5 Å². The zero-order valence-electron chi connectivity index (χ0n) is 10.2. The van der Waals surface area contributed by atoms with Crippen molar-refractivity contribution in [2.24, 2.45) is 0 Å². The van der Waals surface area contributed by atoms with Gasteiger partial charge < -0.3 is 13.9 Å². The molecule has 0 amide bonds. The Bertz CT molecular complexity index is 505. The van der Waals surface area contributed by atoms with E-state index in [0.717, 1.165) is 17.7 Å². The second-order valence-corrected chi connectivity index (χ2v) is 3.54. The lowest BCUT2D eigenvalue weighted by Gasteiger charge is -2.09. The summed E-state index contributed by atoms with van der Waals surface area (Å²) in [6.45, 7) is 2.03. The number of aryl methyl sites for hydroxylation is 1. The van der Waals surface area contributed by atoms with Crippen LogP contribution in [0.25, 0.3) is 11.5 Å². The number of methoxy groups -OCH3 is 2. The van der Waals surface area contributed by atoms with Gasteiger partial charge in [-0.3, -0.25) is 0 Å². The van der Waals surface area contributed by atoms with E-state index < -0.39 is 0 Å². The fourth-order valence-electron chi connectivity index (χ4n) is 1.65. The van der Waals surface area contributed by atoms with Crippen molar-refractivity contribution >= 4 is 0 Å². The summed E-state index contributed by atoms with van der Waals surface area (Å²) in [6, 6.07) is 5.62. The molecule has 2 rings (SSSR count). The van der Waals surface area contributed by atoms with Gasteiger partial charge in [-0.25, -0.2) is 4.98 Å². The lowest BCUT2D eigenvalue weighted by molar-refractivity contribution is 0.355. The molecule has 4 nitrogen and oxygen atoms in total. The number of nitrogens with zero attached hydrogens (tertiary/aromatic N) is 1. The van der Waals surface area contributed by atoms with Gasteiger partial charge in [0.15, 0.2) is 11.5 Å². The largest absolute Gasteiger partial charge is 0.493 e. The summed E-state index contributed by atoms with van der Waals surface area (Å²) in [4.78, 5) is 4.38. The molecule has 0 atom stereocenters. The molecule has 0 radical (unpaired) electrons. The third-order valence-electron chi connectivity index (χ3n) is 2.55. The second kappa shape index (κ2) is 4.91. The van der Waals surface area contributed by atoms with Crippen LogP contribution in [-0.4, -0.2) is 19.2 Å². The molecule has 0 aliphatic carbocycles. The lowest BCUT2D eigenvalue weighted by Crippen LogP contribution is -1.93. The van der Waals surface area contributed by atoms with Crippen LogP contribution in [0, 0.1) is 0 Å². The number of hydrogen-bond acceptors (Lipinski definition) is 4. The minimum atomic E-state index is 0.553. The van der Waals surface area contributed by atoms with Crippen molar-refractivity contribution in [3.05, 3.63) is 30.2 Å². The maximum Gasteiger partial charge on any atom is 0.230 e. The van der Waals surface area contributed by atoms with Crippen molar-refractivity contribution in [3.8, 4) is 23.0 Å². The molecular weight excluding hydrogens is 218 g/mol. The van der Waals surface area contributed by atoms with Crippen LogP contribution in [-0.2, 0) is 6.42 Å². The van der Waals surface area contributed by atoms with Crippen LogP contribution in [0.5, 0.6) is 11.5 Å². The first-order chi connectivity index (χ1) is 8.30. The average Bonchev–Trinajstić information content (AvgIpc) is 2.86. The van der Waals surface area contributed by atoms with Crippen molar-refractivity contribution in [1.82, 2.24) is 4.98 Å². The molecule has 0 aliphatic heterocycles. The van der Waals surface area contributed by atoms with E-state index in [9.17, 15) is 0 Å². The lowest BCUT2D eigenvalue weighted by atomic mass is 10.2. The molecule has 0 bridgehead atoms. The average molecular weight is 233 g/mol. The number of rotatable bonds is 4. The maximum atomic E-state index is 5.44. The predicted octanol–water partition coefficient (Wildman–Crippen LogP) is 2.92. The summed E-state index contributed by atoms with van der Waals surface area (Å²) in [5, 5.41) is 0. The molecule has 1 aromatic carbocycles. The standard InChI is InChI=1S/C13H15NO3/c1-4-9-8-17-13(14-9)10-6-5-7-11(15-2)12(10)16-3/h5-8H,4H2,1-3H3. The fraction of sp³-hybridized carbons (Fsp3) is 0.308.